The first-order valence-electron chi connectivity index (χ1n) is 10.4. The van der Waals surface area contributed by atoms with Crippen LogP contribution in [0.3, 0.4) is 0 Å². The van der Waals surface area contributed by atoms with E-state index in [9.17, 15) is 9.59 Å². The van der Waals surface area contributed by atoms with Crippen molar-refractivity contribution in [3.05, 3.63) is 29.8 Å². The van der Waals surface area contributed by atoms with Crippen molar-refractivity contribution in [2.75, 3.05) is 24.4 Å². The number of nitrogens with two attached hydrogens (primary N) is 1. The average molecular weight is 415 g/mol. The second-order valence-corrected chi connectivity index (χ2v) is 7.49. The fourth-order valence-electron chi connectivity index (χ4n) is 3.79. The Morgan fingerprint density at radius 1 is 1.30 bits per heavy atom. The van der Waals surface area contributed by atoms with Gasteiger partial charge in [0, 0.05) is 35.6 Å². The van der Waals surface area contributed by atoms with Gasteiger partial charge in [0.25, 0.3) is 0 Å². The van der Waals surface area contributed by atoms with E-state index in [1.165, 1.54) is 7.11 Å². The van der Waals surface area contributed by atoms with E-state index in [1.807, 2.05) is 24.4 Å². The molecule has 0 fully saturated rings. The van der Waals surface area contributed by atoms with Crippen LogP contribution in [0.4, 0.5) is 16.2 Å². The lowest BCUT2D eigenvalue weighted by molar-refractivity contribution is -0.144. The van der Waals surface area contributed by atoms with Crippen LogP contribution in [0.15, 0.2) is 29.3 Å². The number of carbonyl (C=O) groups excluding carboxylic acids is 2. The van der Waals surface area contributed by atoms with E-state index in [2.05, 4.69) is 21.7 Å². The van der Waals surface area contributed by atoms with Crippen molar-refractivity contribution in [3.8, 4) is 0 Å². The second-order valence-electron chi connectivity index (χ2n) is 7.49. The number of hydrogen-bond donors (Lipinski definition) is 3. The van der Waals surface area contributed by atoms with Crippen LogP contribution in [0.1, 0.15) is 44.6 Å². The first kappa shape index (κ1) is 21.8. The van der Waals surface area contributed by atoms with Gasteiger partial charge in [-0.05, 0) is 37.5 Å². The van der Waals surface area contributed by atoms with E-state index in [0.717, 1.165) is 36.1 Å². The topological polar surface area (TPSA) is 115 Å². The van der Waals surface area contributed by atoms with Crippen molar-refractivity contribution >= 4 is 35.2 Å². The minimum Gasteiger partial charge on any atom is -0.464 e. The number of fused-ring (bicyclic) bond motifs is 3. The van der Waals surface area contributed by atoms with Gasteiger partial charge in [-0.1, -0.05) is 25.0 Å². The number of esters is 1. The molecule has 0 spiro atoms. The number of aliphatic imine (C=N–C) groups is 1. The second kappa shape index (κ2) is 10.2. The van der Waals surface area contributed by atoms with Crippen LogP contribution in [0.25, 0.3) is 5.57 Å². The summed E-state index contributed by atoms with van der Waals surface area (Å²) in [6.07, 6.45) is 7.35. The number of nitrogens with zero attached hydrogens (tertiary/aromatic N) is 1. The minimum absolute atomic E-state index is 0.0604. The largest absolute Gasteiger partial charge is 0.464 e. The van der Waals surface area contributed by atoms with E-state index in [4.69, 9.17) is 15.2 Å². The number of anilines is 2. The van der Waals surface area contributed by atoms with Crippen molar-refractivity contribution in [3.63, 3.8) is 0 Å². The molecular weight excluding hydrogens is 384 g/mol. The van der Waals surface area contributed by atoms with Crippen molar-refractivity contribution < 1.29 is 19.1 Å². The van der Waals surface area contributed by atoms with Crippen molar-refractivity contribution in [1.82, 2.24) is 0 Å². The number of amides is 1. The van der Waals surface area contributed by atoms with Crippen LogP contribution in [0, 0.1) is 0 Å². The van der Waals surface area contributed by atoms with Crippen LogP contribution >= 0.6 is 0 Å². The molecule has 1 unspecified atom stereocenters. The maximum Gasteiger partial charge on any atom is 0.411 e. The lowest BCUT2D eigenvalue weighted by Crippen LogP contribution is -2.35. The Bertz CT molecular complexity index is 836. The number of carbonyl (C=O) groups is 2. The summed E-state index contributed by atoms with van der Waals surface area (Å²) in [5.74, 6) is -0.284. The van der Waals surface area contributed by atoms with Gasteiger partial charge in [-0.25, -0.2) is 9.59 Å². The summed E-state index contributed by atoms with van der Waals surface area (Å²) < 4.78 is 9.98. The van der Waals surface area contributed by atoms with E-state index >= 15 is 0 Å². The van der Waals surface area contributed by atoms with Crippen LogP contribution in [0.2, 0.25) is 0 Å². The molecule has 1 amide bonds. The zero-order valence-electron chi connectivity index (χ0n) is 17.5. The third-order valence-corrected chi connectivity index (χ3v) is 5.38. The van der Waals surface area contributed by atoms with Crippen LogP contribution in [-0.4, -0.2) is 50.1 Å². The highest BCUT2D eigenvalue weighted by atomic mass is 16.5. The molecule has 1 aromatic carbocycles. The first-order chi connectivity index (χ1) is 14.5. The van der Waals surface area contributed by atoms with Crippen LogP contribution < -0.4 is 16.4 Å². The molecule has 0 aliphatic carbocycles. The van der Waals surface area contributed by atoms with Crippen molar-refractivity contribution in [2.24, 2.45) is 10.7 Å². The highest BCUT2D eigenvalue weighted by Gasteiger charge is 2.25. The fourth-order valence-corrected chi connectivity index (χ4v) is 3.79. The zero-order chi connectivity index (χ0) is 21.5. The van der Waals surface area contributed by atoms with Crippen LogP contribution in [0.5, 0.6) is 0 Å². The Hall–Kier alpha value is -2.87. The number of dihydropyridines is 1. The van der Waals surface area contributed by atoms with Gasteiger partial charge >= 0.3 is 12.1 Å². The van der Waals surface area contributed by atoms with E-state index < -0.39 is 12.1 Å². The summed E-state index contributed by atoms with van der Waals surface area (Å²) in [6, 6.07) is 4.94. The lowest BCUT2D eigenvalue weighted by Gasteiger charge is -2.26. The van der Waals surface area contributed by atoms with Gasteiger partial charge in [0.15, 0.2) is 0 Å². The maximum absolute atomic E-state index is 12.6. The fraction of sp³-hybridized carbons (Fsp3) is 0.500. The van der Waals surface area contributed by atoms with E-state index in [1.54, 1.807) is 6.92 Å². The molecule has 1 aromatic rings. The van der Waals surface area contributed by atoms with Gasteiger partial charge in [-0.2, -0.15) is 0 Å². The number of nitrogens with one attached hydrogen (secondary N) is 2. The van der Waals surface area contributed by atoms with Gasteiger partial charge in [-0.3, -0.25) is 10.3 Å². The highest BCUT2D eigenvalue weighted by Crippen LogP contribution is 2.33. The normalized spacial score (nSPS) is 23.6. The molecule has 0 radical (unpaired) electrons. The zero-order valence-corrected chi connectivity index (χ0v) is 17.5. The molecule has 162 valence electrons. The van der Waals surface area contributed by atoms with Gasteiger partial charge < -0.3 is 20.5 Å². The molecule has 4 N–H and O–H groups in total. The van der Waals surface area contributed by atoms with Gasteiger partial charge in [0.05, 0.1) is 19.8 Å². The van der Waals surface area contributed by atoms with Gasteiger partial charge in [-0.15, -0.1) is 0 Å². The lowest BCUT2D eigenvalue weighted by atomic mass is 9.91. The first-order valence-corrected chi connectivity index (χ1v) is 10.4. The van der Waals surface area contributed by atoms with Gasteiger partial charge in [0.2, 0.25) is 0 Å². The third-order valence-electron chi connectivity index (χ3n) is 5.38. The molecule has 2 aliphatic rings. The SMILES string of the molecule is CCOC(=O)[C@H]1CCCC[C@H](N)C2C=C(CC=N2)c2ccc(NC(=O)OC)cc2N1. The number of hydrogen-bond acceptors (Lipinski definition) is 7. The molecule has 30 heavy (non-hydrogen) atoms. The Morgan fingerprint density at radius 2 is 2.10 bits per heavy atom. The summed E-state index contributed by atoms with van der Waals surface area (Å²) in [6.45, 7) is 2.12. The van der Waals surface area contributed by atoms with Crippen LogP contribution in [-0.2, 0) is 14.3 Å². The minimum atomic E-state index is -0.555. The summed E-state index contributed by atoms with van der Waals surface area (Å²) in [5.41, 5.74) is 9.74. The Balaban J connectivity index is 2.01. The molecule has 0 aromatic heterocycles. The number of ether oxygens (including phenoxy) is 2. The monoisotopic (exact) mass is 414 g/mol. The molecule has 2 bridgehead atoms. The molecule has 2 heterocycles. The molecule has 2 aliphatic heterocycles. The standard InChI is InChI=1S/C22H30N4O4/c1-3-30-21(27)18-7-5-4-6-17(23)20-12-14(10-11-24-20)16-9-8-15(13-19(16)26-18)25-22(28)29-2/h8-9,11-13,17-18,20,26H,3-7,10,23H2,1-2H3,(H,25,28)/t17-,18+,20?/m0/s1. The molecule has 3 atom stereocenters. The molecule has 0 saturated heterocycles. The summed E-state index contributed by atoms with van der Waals surface area (Å²) in [7, 11) is 1.31. The third kappa shape index (κ3) is 5.38. The molecule has 3 rings (SSSR count). The number of rotatable bonds is 3. The summed E-state index contributed by atoms with van der Waals surface area (Å²) in [5, 5.41) is 6.04. The number of benzene rings is 1. The van der Waals surface area contributed by atoms with E-state index in [-0.39, 0.29) is 18.1 Å². The number of methoxy groups -OCH3 is 1. The Morgan fingerprint density at radius 3 is 2.87 bits per heavy atom. The smallest absolute Gasteiger partial charge is 0.411 e. The summed E-state index contributed by atoms with van der Waals surface area (Å²) in [4.78, 5) is 28.8. The van der Waals surface area contributed by atoms with Crippen molar-refractivity contribution in [1.29, 1.82) is 0 Å². The highest BCUT2D eigenvalue weighted by molar-refractivity contribution is 5.91. The number of allylic oxidation sites excluding steroid dienone is 1. The van der Waals surface area contributed by atoms with Gasteiger partial charge in [0.1, 0.15) is 6.04 Å². The molecule has 8 heteroatoms. The average Bonchev–Trinajstić information content (AvgIpc) is 2.75. The quantitative estimate of drug-likeness (QED) is 0.654. The molecule has 0 saturated carbocycles. The van der Waals surface area contributed by atoms with E-state index in [0.29, 0.717) is 25.1 Å². The predicted octanol–water partition coefficient (Wildman–Crippen LogP) is 3.34. The summed E-state index contributed by atoms with van der Waals surface area (Å²) >= 11 is 0. The Kier molecular flexibility index (Phi) is 7.46. The predicted molar refractivity (Wildman–Crippen MR) is 118 cm³/mol. The molecule has 8 nitrogen and oxygen atoms in total. The Labute approximate surface area is 176 Å². The molecular formula is C22H30N4O4. The van der Waals surface area contributed by atoms with Crippen molar-refractivity contribution in [2.45, 2.75) is 57.2 Å². The maximum atomic E-state index is 12.6.